The maximum Gasteiger partial charge on any atom is 0.488 e. The van der Waals surface area contributed by atoms with Gasteiger partial charge in [0.2, 0.25) is 5.91 Å². The Morgan fingerprint density at radius 1 is 1.36 bits per heavy atom. The molecule has 7 heteroatoms. The van der Waals surface area contributed by atoms with Crippen LogP contribution in [0.15, 0.2) is 30.3 Å². The fourth-order valence-corrected chi connectivity index (χ4v) is 2.44. The molecule has 0 aliphatic rings. The number of carbonyl (C=O) groups excluding carboxylic acids is 1. The van der Waals surface area contributed by atoms with Crippen molar-refractivity contribution in [3.05, 3.63) is 41.7 Å². The van der Waals surface area contributed by atoms with Crippen LogP contribution in [-0.4, -0.2) is 32.9 Å². The van der Waals surface area contributed by atoms with Gasteiger partial charge in [-0.05, 0) is 44.4 Å². The standard InChI is InChI=1S/C15H20BN3O3/c1-10-7-11(2)19(18-10)12(3)8-15(20)17-14-6-4-5-13(9-14)16(21)22/h4-7,9,12,21-22H,8H2,1-3H3,(H,17,20). The second kappa shape index (κ2) is 6.76. The molecule has 2 rings (SSSR count). The lowest BCUT2D eigenvalue weighted by Crippen LogP contribution is -2.30. The number of anilines is 1. The maximum atomic E-state index is 12.1. The van der Waals surface area contributed by atoms with E-state index in [1.54, 1.807) is 18.2 Å². The van der Waals surface area contributed by atoms with Crippen LogP contribution in [0.2, 0.25) is 0 Å². The molecule has 3 N–H and O–H groups in total. The normalized spacial score (nSPS) is 12.0. The Morgan fingerprint density at radius 2 is 2.09 bits per heavy atom. The molecule has 0 saturated carbocycles. The molecule has 1 heterocycles. The van der Waals surface area contributed by atoms with E-state index in [1.165, 1.54) is 6.07 Å². The van der Waals surface area contributed by atoms with Crippen LogP contribution in [0.25, 0.3) is 0 Å². The van der Waals surface area contributed by atoms with Gasteiger partial charge in [-0.1, -0.05) is 12.1 Å². The number of benzene rings is 1. The van der Waals surface area contributed by atoms with Crippen LogP contribution in [0.4, 0.5) is 5.69 Å². The van der Waals surface area contributed by atoms with Crippen molar-refractivity contribution in [1.82, 2.24) is 9.78 Å². The molecule has 0 radical (unpaired) electrons. The molecule has 0 fully saturated rings. The summed E-state index contributed by atoms with van der Waals surface area (Å²) in [6.07, 6.45) is 0.286. The monoisotopic (exact) mass is 301 g/mol. The van der Waals surface area contributed by atoms with Crippen LogP contribution in [0.5, 0.6) is 0 Å². The highest BCUT2D eigenvalue weighted by Gasteiger charge is 2.15. The highest BCUT2D eigenvalue weighted by Crippen LogP contribution is 2.15. The van der Waals surface area contributed by atoms with Gasteiger partial charge in [-0.2, -0.15) is 5.10 Å². The number of nitrogens with one attached hydrogen (secondary N) is 1. The highest BCUT2D eigenvalue weighted by atomic mass is 16.4. The Bertz CT molecular complexity index is 670. The van der Waals surface area contributed by atoms with Gasteiger partial charge in [0.1, 0.15) is 0 Å². The van der Waals surface area contributed by atoms with Gasteiger partial charge in [0.25, 0.3) is 0 Å². The van der Waals surface area contributed by atoms with Gasteiger partial charge in [0.05, 0.1) is 11.7 Å². The molecule has 116 valence electrons. The minimum atomic E-state index is -1.55. The molecule has 1 aromatic carbocycles. The Kier molecular flexibility index (Phi) is 5.00. The van der Waals surface area contributed by atoms with E-state index in [0.717, 1.165) is 11.4 Å². The van der Waals surface area contributed by atoms with Crippen LogP contribution in [0.3, 0.4) is 0 Å². The van der Waals surface area contributed by atoms with Gasteiger partial charge >= 0.3 is 7.12 Å². The number of aryl methyl sites for hydroxylation is 2. The molecule has 1 unspecified atom stereocenters. The molecule has 6 nitrogen and oxygen atoms in total. The van der Waals surface area contributed by atoms with Crippen LogP contribution in [-0.2, 0) is 4.79 Å². The topological polar surface area (TPSA) is 87.4 Å². The molecule has 1 amide bonds. The van der Waals surface area contributed by atoms with Crippen molar-refractivity contribution in [2.75, 3.05) is 5.32 Å². The number of hydrogen-bond donors (Lipinski definition) is 3. The van der Waals surface area contributed by atoms with Crippen LogP contribution < -0.4 is 10.8 Å². The number of amides is 1. The van der Waals surface area contributed by atoms with E-state index < -0.39 is 7.12 Å². The van der Waals surface area contributed by atoms with Crippen LogP contribution in [0, 0.1) is 13.8 Å². The van der Waals surface area contributed by atoms with Gasteiger partial charge in [-0.3, -0.25) is 9.48 Å². The first-order valence-electron chi connectivity index (χ1n) is 7.15. The predicted octanol–water partition coefficient (Wildman–Crippen LogP) is 0.770. The van der Waals surface area contributed by atoms with E-state index in [2.05, 4.69) is 10.4 Å². The van der Waals surface area contributed by atoms with Gasteiger partial charge in [0, 0.05) is 17.8 Å². The molecular weight excluding hydrogens is 281 g/mol. The fourth-order valence-electron chi connectivity index (χ4n) is 2.44. The third-order valence-electron chi connectivity index (χ3n) is 3.41. The van der Waals surface area contributed by atoms with Crippen LogP contribution >= 0.6 is 0 Å². The molecule has 0 saturated heterocycles. The van der Waals surface area contributed by atoms with E-state index in [-0.39, 0.29) is 18.4 Å². The first-order valence-corrected chi connectivity index (χ1v) is 7.15. The Labute approximate surface area is 129 Å². The van der Waals surface area contributed by atoms with Crippen molar-refractivity contribution < 1.29 is 14.8 Å². The van der Waals surface area contributed by atoms with Crippen molar-refractivity contribution in [3.8, 4) is 0 Å². The SMILES string of the molecule is Cc1cc(C)n(C(C)CC(=O)Nc2cccc(B(O)O)c2)n1. The van der Waals surface area contributed by atoms with E-state index >= 15 is 0 Å². The summed E-state index contributed by atoms with van der Waals surface area (Å²) in [5.41, 5.74) is 2.82. The zero-order valence-electron chi connectivity index (χ0n) is 12.9. The number of carbonyl (C=O) groups is 1. The first-order chi connectivity index (χ1) is 10.4. The summed E-state index contributed by atoms with van der Waals surface area (Å²) in [5, 5.41) is 25.4. The highest BCUT2D eigenvalue weighted by molar-refractivity contribution is 6.58. The lowest BCUT2D eigenvalue weighted by atomic mass is 9.80. The molecule has 22 heavy (non-hydrogen) atoms. The lowest BCUT2D eigenvalue weighted by molar-refractivity contribution is -0.116. The average molecular weight is 301 g/mol. The predicted molar refractivity (Wildman–Crippen MR) is 85.9 cm³/mol. The quantitative estimate of drug-likeness (QED) is 0.712. The van der Waals surface area contributed by atoms with E-state index in [9.17, 15) is 4.79 Å². The molecule has 0 aliphatic heterocycles. The smallest absolute Gasteiger partial charge is 0.423 e. The average Bonchev–Trinajstić information content (AvgIpc) is 2.77. The molecule has 0 spiro atoms. The number of rotatable bonds is 5. The number of nitrogens with zero attached hydrogens (tertiary/aromatic N) is 2. The van der Waals surface area contributed by atoms with E-state index in [1.807, 2.05) is 31.5 Å². The maximum absolute atomic E-state index is 12.1. The largest absolute Gasteiger partial charge is 0.488 e. The summed E-state index contributed by atoms with van der Waals surface area (Å²) < 4.78 is 1.84. The number of aromatic nitrogens is 2. The molecular formula is C15H20BN3O3. The molecule has 1 aromatic heterocycles. The Balaban J connectivity index is 2.01. The minimum absolute atomic E-state index is 0.0553. The first kappa shape index (κ1) is 16.3. The summed E-state index contributed by atoms with van der Waals surface area (Å²) in [6.45, 7) is 5.81. The van der Waals surface area contributed by atoms with E-state index in [0.29, 0.717) is 11.2 Å². The fraction of sp³-hybridized carbons (Fsp3) is 0.333. The van der Waals surface area contributed by atoms with Gasteiger partial charge in [0.15, 0.2) is 0 Å². The van der Waals surface area contributed by atoms with Crippen molar-refractivity contribution >= 4 is 24.2 Å². The molecule has 0 aliphatic carbocycles. The van der Waals surface area contributed by atoms with Gasteiger partial charge in [-0.15, -0.1) is 0 Å². The molecule has 0 bridgehead atoms. The lowest BCUT2D eigenvalue weighted by Gasteiger charge is -2.14. The Hall–Kier alpha value is -2.12. The third kappa shape index (κ3) is 3.96. The van der Waals surface area contributed by atoms with Crippen molar-refractivity contribution in [2.45, 2.75) is 33.2 Å². The minimum Gasteiger partial charge on any atom is -0.423 e. The van der Waals surface area contributed by atoms with Gasteiger partial charge < -0.3 is 15.4 Å². The summed E-state index contributed by atoms with van der Waals surface area (Å²) in [5.74, 6) is -0.148. The van der Waals surface area contributed by atoms with E-state index in [4.69, 9.17) is 10.0 Å². The van der Waals surface area contributed by atoms with Gasteiger partial charge in [-0.25, -0.2) is 0 Å². The van der Waals surface area contributed by atoms with Crippen molar-refractivity contribution in [2.24, 2.45) is 0 Å². The second-order valence-electron chi connectivity index (χ2n) is 5.47. The Morgan fingerprint density at radius 3 is 2.68 bits per heavy atom. The zero-order chi connectivity index (χ0) is 16.3. The summed E-state index contributed by atoms with van der Waals surface area (Å²) in [6, 6.07) is 8.41. The third-order valence-corrected chi connectivity index (χ3v) is 3.41. The van der Waals surface area contributed by atoms with Crippen molar-refractivity contribution in [3.63, 3.8) is 0 Å². The zero-order valence-corrected chi connectivity index (χ0v) is 12.9. The van der Waals surface area contributed by atoms with Crippen LogP contribution in [0.1, 0.15) is 30.8 Å². The summed E-state index contributed by atoms with van der Waals surface area (Å²) in [4.78, 5) is 12.1. The summed E-state index contributed by atoms with van der Waals surface area (Å²) in [7, 11) is -1.55. The number of hydrogen-bond acceptors (Lipinski definition) is 4. The second-order valence-corrected chi connectivity index (χ2v) is 5.47. The molecule has 2 aromatic rings. The molecule has 1 atom stereocenters. The van der Waals surface area contributed by atoms with Crippen molar-refractivity contribution in [1.29, 1.82) is 0 Å². The summed E-state index contributed by atoms with van der Waals surface area (Å²) >= 11 is 0.